The van der Waals surface area contributed by atoms with Crippen LogP contribution in [0.15, 0.2) is 168 Å². The first-order chi connectivity index (χ1) is 26.5. The fraction of sp³-hybridized carbons (Fsp3) is 0.0600. The Morgan fingerprint density at radius 3 is 1.89 bits per heavy atom. The largest absolute Gasteiger partial charge is 0.456 e. The fourth-order valence-corrected chi connectivity index (χ4v) is 8.73. The van der Waals surface area contributed by atoms with Crippen molar-refractivity contribution in [3.05, 3.63) is 175 Å². The third-order valence-electron chi connectivity index (χ3n) is 11.3. The van der Waals surface area contributed by atoms with E-state index in [0.29, 0.717) is 17.5 Å². The molecule has 4 nitrogen and oxygen atoms in total. The highest BCUT2D eigenvalue weighted by atomic mass is 16.3. The van der Waals surface area contributed by atoms with Gasteiger partial charge < -0.3 is 4.42 Å². The Labute approximate surface area is 312 Å². The highest BCUT2D eigenvalue weighted by molar-refractivity contribution is 6.26. The van der Waals surface area contributed by atoms with Gasteiger partial charge in [-0.3, -0.25) is 0 Å². The number of hydrogen-bond donors (Lipinski definition) is 0. The van der Waals surface area contributed by atoms with Crippen molar-refractivity contribution < 1.29 is 4.42 Å². The van der Waals surface area contributed by atoms with Crippen molar-refractivity contribution in [2.75, 3.05) is 0 Å². The molecule has 254 valence electrons. The molecule has 0 N–H and O–H groups in total. The molecule has 0 saturated heterocycles. The van der Waals surface area contributed by atoms with Gasteiger partial charge in [-0.2, -0.15) is 0 Å². The van der Waals surface area contributed by atoms with Crippen LogP contribution in [0.1, 0.15) is 25.0 Å². The van der Waals surface area contributed by atoms with E-state index in [-0.39, 0.29) is 5.41 Å². The van der Waals surface area contributed by atoms with Crippen molar-refractivity contribution in [1.82, 2.24) is 15.0 Å². The van der Waals surface area contributed by atoms with Crippen LogP contribution in [0.2, 0.25) is 0 Å². The molecule has 11 rings (SSSR count). The van der Waals surface area contributed by atoms with E-state index in [2.05, 4.69) is 172 Å². The van der Waals surface area contributed by atoms with Crippen molar-refractivity contribution >= 4 is 43.5 Å². The van der Waals surface area contributed by atoms with Gasteiger partial charge in [-0.25, -0.2) is 15.0 Å². The summed E-state index contributed by atoms with van der Waals surface area (Å²) in [7, 11) is 0. The zero-order valence-electron chi connectivity index (χ0n) is 29.8. The fourth-order valence-electron chi connectivity index (χ4n) is 8.73. The standard InChI is InChI=1S/C50H33N3O/c1-50(2)41-18-9-8-15-37(41)38-16-10-17-39(46(38)50)49-52-47(34-23-19-31(20-24-34)30-11-4-3-5-12-30)51-48(53-49)35-26-27-42-40(29-35)45-43(54-42)28-25-33-22-21-32-13-6-7-14-36(32)44(33)45/h3-29H,1-2H3. The van der Waals surface area contributed by atoms with Gasteiger partial charge in [0, 0.05) is 38.3 Å². The number of fused-ring (bicyclic) bond motifs is 10. The Morgan fingerprint density at radius 2 is 1.02 bits per heavy atom. The quantitative estimate of drug-likeness (QED) is 0.172. The number of furan rings is 1. The molecule has 0 spiro atoms. The van der Waals surface area contributed by atoms with Gasteiger partial charge in [0.15, 0.2) is 17.5 Å². The van der Waals surface area contributed by atoms with Crippen molar-refractivity contribution in [2.45, 2.75) is 19.3 Å². The number of nitrogens with zero attached hydrogens (tertiary/aromatic N) is 3. The van der Waals surface area contributed by atoms with E-state index in [0.717, 1.165) is 44.2 Å². The number of benzene rings is 8. The normalized spacial score (nSPS) is 13.1. The molecule has 0 aliphatic heterocycles. The maximum Gasteiger partial charge on any atom is 0.164 e. The minimum atomic E-state index is -0.231. The predicted octanol–water partition coefficient (Wildman–Crippen LogP) is 13.1. The summed E-state index contributed by atoms with van der Waals surface area (Å²) in [5.41, 5.74) is 11.7. The molecule has 1 aliphatic carbocycles. The molecule has 0 atom stereocenters. The first-order valence-corrected chi connectivity index (χ1v) is 18.4. The van der Waals surface area contributed by atoms with Crippen LogP contribution >= 0.6 is 0 Å². The molecule has 54 heavy (non-hydrogen) atoms. The van der Waals surface area contributed by atoms with Crippen LogP contribution in [0.5, 0.6) is 0 Å². The molecule has 10 aromatic rings. The SMILES string of the molecule is CC1(C)c2ccccc2-c2cccc(-c3nc(-c4ccc(-c5ccccc5)cc4)nc(-c4ccc5oc6ccc7ccc8ccccc8c7c6c5c4)n3)c21. The third kappa shape index (κ3) is 4.60. The van der Waals surface area contributed by atoms with Crippen LogP contribution in [-0.2, 0) is 5.41 Å². The van der Waals surface area contributed by atoms with Gasteiger partial charge in [0.05, 0.1) is 0 Å². The van der Waals surface area contributed by atoms with E-state index in [1.54, 1.807) is 0 Å². The van der Waals surface area contributed by atoms with Gasteiger partial charge in [0.25, 0.3) is 0 Å². The van der Waals surface area contributed by atoms with Gasteiger partial charge in [0.1, 0.15) is 11.2 Å². The van der Waals surface area contributed by atoms with Crippen molar-refractivity contribution in [1.29, 1.82) is 0 Å². The Bertz CT molecular complexity index is 3120. The molecule has 0 fully saturated rings. The van der Waals surface area contributed by atoms with Crippen molar-refractivity contribution in [3.8, 4) is 56.4 Å². The number of rotatable bonds is 4. The summed E-state index contributed by atoms with van der Waals surface area (Å²) in [5, 5.41) is 6.93. The summed E-state index contributed by atoms with van der Waals surface area (Å²) in [6.45, 7) is 4.61. The number of aromatic nitrogens is 3. The lowest BCUT2D eigenvalue weighted by Gasteiger charge is -2.24. The predicted molar refractivity (Wildman–Crippen MR) is 221 cm³/mol. The highest BCUT2D eigenvalue weighted by Gasteiger charge is 2.38. The molecule has 8 aromatic carbocycles. The molecular weight excluding hydrogens is 659 g/mol. The molecule has 0 amide bonds. The zero-order chi connectivity index (χ0) is 36.0. The Kier molecular flexibility index (Phi) is 6.56. The maximum atomic E-state index is 6.48. The molecule has 1 aliphatic rings. The Morgan fingerprint density at radius 1 is 0.407 bits per heavy atom. The molecular formula is C50H33N3O. The van der Waals surface area contributed by atoms with Crippen LogP contribution in [0.3, 0.4) is 0 Å². The van der Waals surface area contributed by atoms with Gasteiger partial charge in [-0.05, 0) is 73.8 Å². The van der Waals surface area contributed by atoms with Crippen LogP contribution in [0.25, 0.3) is 99.9 Å². The summed E-state index contributed by atoms with van der Waals surface area (Å²) in [6.07, 6.45) is 0. The smallest absolute Gasteiger partial charge is 0.164 e. The van der Waals surface area contributed by atoms with Gasteiger partial charge in [-0.1, -0.05) is 153 Å². The molecule has 0 bridgehead atoms. The Hall–Kier alpha value is -6.91. The van der Waals surface area contributed by atoms with E-state index in [1.165, 1.54) is 49.4 Å². The van der Waals surface area contributed by atoms with Gasteiger partial charge in [-0.15, -0.1) is 0 Å². The summed E-state index contributed by atoms with van der Waals surface area (Å²) < 4.78 is 6.48. The molecule has 0 saturated carbocycles. The second-order valence-corrected chi connectivity index (χ2v) is 14.8. The highest BCUT2D eigenvalue weighted by Crippen LogP contribution is 2.52. The monoisotopic (exact) mass is 691 g/mol. The van der Waals surface area contributed by atoms with Crippen LogP contribution < -0.4 is 0 Å². The first kappa shape index (κ1) is 30.7. The second kappa shape index (κ2) is 11.5. The van der Waals surface area contributed by atoms with Crippen LogP contribution in [0, 0.1) is 0 Å². The van der Waals surface area contributed by atoms with Gasteiger partial charge in [0.2, 0.25) is 0 Å². The Balaban J connectivity index is 1.14. The topological polar surface area (TPSA) is 51.8 Å². The van der Waals surface area contributed by atoms with E-state index in [9.17, 15) is 0 Å². The van der Waals surface area contributed by atoms with Crippen LogP contribution in [-0.4, -0.2) is 15.0 Å². The second-order valence-electron chi connectivity index (χ2n) is 14.8. The summed E-state index contributed by atoms with van der Waals surface area (Å²) in [4.78, 5) is 15.7. The van der Waals surface area contributed by atoms with E-state index >= 15 is 0 Å². The summed E-state index contributed by atoms with van der Waals surface area (Å²) >= 11 is 0. The van der Waals surface area contributed by atoms with Gasteiger partial charge >= 0.3 is 0 Å². The van der Waals surface area contributed by atoms with E-state index in [4.69, 9.17) is 19.4 Å². The lowest BCUT2D eigenvalue weighted by molar-refractivity contribution is 0.661. The van der Waals surface area contributed by atoms with Crippen LogP contribution in [0.4, 0.5) is 0 Å². The lowest BCUT2D eigenvalue weighted by Crippen LogP contribution is -2.17. The minimum absolute atomic E-state index is 0.231. The molecule has 2 heterocycles. The van der Waals surface area contributed by atoms with Crippen molar-refractivity contribution in [3.63, 3.8) is 0 Å². The average Bonchev–Trinajstić information content (AvgIpc) is 3.72. The molecule has 4 heteroatoms. The first-order valence-electron chi connectivity index (χ1n) is 18.4. The number of hydrogen-bond acceptors (Lipinski definition) is 4. The molecule has 2 aromatic heterocycles. The average molecular weight is 692 g/mol. The van der Waals surface area contributed by atoms with E-state index < -0.39 is 0 Å². The van der Waals surface area contributed by atoms with E-state index in [1.807, 2.05) is 6.07 Å². The lowest BCUT2D eigenvalue weighted by atomic mass is 9.80. The third-order valence-corrected chi connectivity index (χ3v) is 11.3. The maximum absolute atomic E-state index is 6.48. The zero-order valence-corrected chi connectivity index (χ0v) is 29.8. The molecule has 0 radical (unpaired) electrons. The minimum Gasteiger partial charge on any atom is -0.456 e. The molecule has 0 unspecified atom stereocenters. The summed E-state index contributed by atoms with van der Waals surface area (Å²) in [5.74, 6) is 1.91. The summed E-state index contributed by atoms with van der Waals surface area (Å²) in [6, 6.07) is 57.7. The van der Waals surface area contributed by atoms with Crippen molar-refractivity contribution in [2.24, 2.45) is 0 Å².